The minimum absolute atomic E-state index is 0.402. The summed E-state index contributed by atoms with van der Waals surface area (Å²) in [6.07, 6.45) is 1.23. The van der Waals surface area contributed by atoms with Crippen molar-refractivity contribution in [1.29, 1.82) is 0 Å². The molecule has 0 radical (unpaired) electrons. The van der Waals surface area contributed by atoms with Crippen molar-refractivity contribution >= 4 is 11.6 Å². The topological polar surface area (TPSA) is 29.3 Å². The normalized spacial score (nSPS) is 23.6. The molecule has 2 nitrogen and oxygen atoms in total. The van der Waals surface area contributed by atoms with Gasteiger partial charge in [-0.05, 0) is 44.1 Å². The van der Waals surface area contributed by atoms with Crippen LogP contribution in [-0.2, 0) is 0 Å². The molecule has 0 spiro atoms. The lowest BCUT2D eigenvalue weighted by atomic mass is 9.85. The molecule has 1 aromatic rings. The molecule has 88 valence electrons. The first-order valence-corrected chi connectivity index (χ1v) is 6.23. The molecule has 0 aliphatic carbocycles. The maximum atomic E-state index is 6.24. The van der Waals surface area contributed by atoms with Crippen LogP contribution in [0.2, 0.25) is 5.02 Å². The quantitative estimate of drug-likeness (QED) is 0.876. The molecule has 0 amide bonds. The van der Waals surface area contributed by atoms with Crippen LogP contribution in [-0.4, -0.2) is 31.6 Å². The molecule has 0 saturated carbocycles. The van der Waals surface area contributed by atoms with Crippen LogP contribution in [0.3, 0.4) is 0 Å². The molecule has 2 unspecified atom stereocenters. The van der Waals surface area contributed by atoms with Crippen LogP contribution in [0, 0.1) is 5.92 Å². The second-order valence-corrected chi connectivity index (χ2v) is 5.08. The smallest absolute Gasteiger partial charge is 0.0441 e. The maximum absolute atomic E-state index is 6.24. The molecule has 1 aromatic carbocycles. The third kappa shape index (κ3) is 2.40. The number of benzene rings is 1. The largest absolute Gasteiger partial charge is 0.330 e. The average Bonchev–Trinajstić information content (AvgIpc) is 2.69. The zero-order valence-corrected chi connectivity index (χ0v) is 10.5. The Morgan fingerprint density at radius 3 is 2.81 bits per heavy atom. The van der Waals surface area contributed by atoms with E-state index in [1.54, 1.807) is 0 Å². The van der Waals surface area contributed by atoms with E-state index in [9.17, 15) is 0 Å². The lowest BCUT2D eigenvalue weighted by molar-refractivity contribution is 0.371. The summed E-state index contributed by atoms with van der Waals surface area (Å²) in [6, 6.07) is 8.08. The zero-order chi connectivity index (χ0) is 11.5. The fourth-order valence-electron chi connectivity index (χ4n) is 2.65. The monoisotopic (exact) mass is 238 g/mol. The SMILES string of the molecule is CN1CCC(C(CN)c2ccccc2Cl)C1. The van der Waals surface area contributed by atoms with Gasteiger partial charge < -0.3 is 10.6 Å². The van der Waals surface area contributed by atoms with Crippen LogP contribution < -0.4 is 5.73 Å². The van der Waals surface area contributed by atoms with Crippen LogP contribution >= 0.6 is 11.6 Å². The molecule has 16 heavy (non-hydrogen) atoms. The average molecular weight is 239 g/mol. The van der Waals surface area contributed by atoms with Gasteiger partial charge in [-0.3, -0.25) is 0 Å². The summed E-state index contributed by atoms with van der Waals surface area (Å²) in [4.78, 5) is 2.37. The van der Waals surface area contributed by atoms with Crippen LogP contribution in [0.25, 0.3) is 0 Å². The fraction of sp³-hybridized carbons (Fsp3) is 0.538. The summed E-state index contributed by atoms with van der Waals surface area (Å²) in [7, 11) is 2.17. The van der Waals surface area contributed by atoms with Crippen molar-refractivity contribution < 1.29 is 0 Å². The van der Waals surface area contributed by atoms with Crippen molar-refractivity contribution in [1.82, 2.24) is 4.90 Å². The Hall–Kier alpha value is -0.570. The van der Waals surface area contributed by atoms with Gasteiger partial charge in [0, 0.05) is 17.5 Å². The minimum Gasteiger partial charge on any atom is -0.330 e. The van der Waals surface area contributed by atoms with Gasteiger partial charge in [0.2, 0.25) is 0 Å². The Labute approximate surface area is 102 Å². The van der Waals surface area contributed by atoms with Crippen LogP contribution in [0.5, 0.6) is 0 Å². The Morgan fingerprint density at radius 1 is 1.50 bits per heavy atom. The van der Waals surface area contributed by atoms with Crippen molar-refractivity contribution in [2.45, 2.75) is 12.3 Å². The highest BCUT2D eigenvalue weighted by molar-refractivity contribution is 6.31. The first-order valence-electron chi connectivity index (χ1n) is 5.85. The number of likely N-dealkylation sites (tertiary alicyclic amines) is 1. The van der Waals surface area contributed by atoms with Gasteiger partial charge in [0.1, 0.15) is 0 Å². The summed E-state index contributed by atoms with van der Waals surface area (Å²) in [5.74, 6) is 1.05. The number of halogens is 1. The van der Waals surface area contributed by atoms with Gasteiger partial charge >= 0.3 is 0 Å². The Morgan fingerprint density at radius 2 is 2.25 bits per heavy atom. The second-order valence-electron chi connectivity index (χ2n) is 4.67. The number of hydrogen-bond acceptors (Lipinski definition) is 2. The second kappa shape index (κ2) is 5.17. The summed E-state index contributed by atoms with van der Waals surface area (Å²) >= 11 is 6.24. The lowest BCUT2D eigenvalue weighted by Crippen LogP contribution is -2.24. The molecule has 2 N–H and O–H groups in total. The van der Waals surface area contributed by atoms with Crippen LogP contribution in [0.15, 0.2) is 24.3 Å². The standard InChI is InChI=1S/C13H19ClN2/c1-16-7-6-10(9-16)12(8-15)11-4-2-3-5-13(11)14/h2-5,10,12H,6-9,15H2,1H3. The zero-order valence-electron chi connectivity index (χ0n) is 9.70. The van der Waals surface area contributed by atoms with E-state index < -0.39 is 0 Å². The third-order valence-corrected chi connectivity index (χ3v) is 3.90. The van der Waals surface area contributed by atoms with E-state index in [0.717, 1.165) is 11.6 Å². The number of nitrogens with two attached hydrogens (primary N) is 1. The van der Waals surface area contributed by atoms with E-state index in [2.05, 4.69) is 18.0 Å². The fourth-order valence-corrected chi connectivity index (χ4v) is 2.92. The molecule has 1 saturated heterocycles. The predicted octanol–water partition coefficient (Wildman–Crippen LogP) is 2.33. The summed E-state index contributed by atoms with van der Waals surface area (Å²) in [5, 5.41) is 0.854. The van der Waals surface area contributed by atoms with Gasteiger partial charge in [0.25, 0.3) is 0 Å². The Balaban J connectivity index is 2.19. The lowest BCUT2D eigenvalue weighted by Gasteiger charge is -2.23. The van der Waals surface area contributed by atoms with Gasteiger partial charge in [-0.1, -0.05) is 29.8 Å². The van der Waals surface area contributed by atoms with E-state index in [1.165, 1.54) is 18.5 Å². The van der Waals surface area contributed by atoms with Gasteiger partial charge in [-0.15, -0.1) is 0 Å². The van der Waals surface area contributed by atoms with Gasteiger partial charge in [-0.2, -0.15) is 0 Å². The highest BCUT2D eigenvalue weighted by Gasteiger charge is 2.28. The Kier molecular flexibility index (Phi) is 3.85. The molecule has 2 rings (SSSR count). The van der Waals surface area contributed by atoms with E-state index in [0.29, 0.717) is 18.4 Å². The third-order valence-electron chi connectivity index (χ3n) is 3.56. The predicted molar refractivity (Wildman–Crippen MR) is 68.9 cm³/mol. The van der Waals surface area contributed by atoms with Crippen molar-refractivity contribution in [2.24, 2.45) is 11.7 Å². The van der Waals surface area contributed by atoms with E-state index >= 15 is 0 Å². The first-order chi connectivity index (χ1) is 7.72. The summed E-state index contributed by atoms with van der Waals surface area (Å²) in [6.45, 7) is 2.99. The molecule has 1 fully saturated rings. The highest BCUT2D eigenvalue weighted by atomic mass is 35.5. The van der Waals surface area contributed by atoms with Gasteiger partial charge in [0.15, 0.2) is 0 Å². The molecule has 1 aliphatic rings. The van der Waals surface area contributed by atoms with Crippen molar-refractivity contribution in [3.63, 3.8) is 0 Å². The number of rotatable bonds is 3. The summed E-state index contributed by atoms with van der Waals surface area (Å²) in [5.41, 5.74) is 7.14. The molecule has 2 atom stereocenters. The van der Waals surface area contributed by atoms with E-state index in [-0.39, 0.29) is 0 Å². The molecule has 0 bridgehead atoms. The Bertz CT molecular complexity index is 354. The molecule has 1 aliphatic heterocycles. The van der Waals surface area contributed by atoms with Crippen molar-refractivity contribution in [3.8, 4) is 0 Å². The molecular weight excluding hydrogens is 220 g/mol. The van der Waals surface area contributed by atoms with Crippen molar-refractivity contribution in [2.75, 3.05) is 26.7 Å². The van der Waals surface area contributed by atoms with Gasteiger partial charge in [0.05, 0.1) is 0 Å². The van der Waals surface area contributed by atoms with E-state index in [4.69, 9.17) is 17.3 Å². The molecule has 3 heteroatoms. The number of nitrogens with zero attached hydrogens (tertiary/aromatic N) is 1. The highest BCUT2D eigenvalue weighted by Crippen LogP contribution is 2.34. The number of hydrogen-bond donors (Lipinski definition) is 1. The van der Waals surface area contributed by atoms with Gasteiger partial charge in [-0.25, -0.2) is 0 Å². The van der Waals surface area contributed by atoms with Crippen LogP contribution in [0.4, 0.5) is 0 Å². The maximum Gasteiger partial charge on any atom is 0.0441 e. The van der Waals surface area contributed by atoms with E-state index in [1.807, 2.05) is 18.2 Å². The summed E-state index contributed by atoms with van der Waals surface area (Å²) < 4.78 is 0. The molecular formula is C13H19ClN2. The van der Waals surface area contributed by atoms with Crippen molar-refractivity contribution in [3.05, 3.63) is 34.9 Å². The molecule has 0 aromatic heterocycles. The minimum atomic E-state index is 0.402. The first kappa shape index (κ1) is 11.9. The molecule has 1 heterocycles. The van der Waals surface area contributed by atoms with Crippen LogP contribution in [0.1, 0.15) is 17.9 Å².